The maximum atomic E-state index is 5.88. The number of nitrogen functional groups attached to an aromatic ring is 2. The van der Waals surface area contributed by atoms with Crippen molar-refractivity contribution in [3.63, 3.8) is 0 Å². The third kappa shape index (κ3) is 2.69. The van der Waals surface area contributed by atoms with Crippen LogP contribution >= 0.6 is 0 Å². The summed E-state index contributed by atoms with van der Waals surface area (Å²) < 4.78 is 0. The predicted octanol–water partition coefficient (Wildman–Crippen LogP) is 2.77. The maximum absolute atomic E-state index is 5.88. The summed E-state index contributed by atoms with van der Waals surface area (Å²) in [6, 6.07) is 13.8. The number of aryl methyl sites for hydroxylation is 1. The zero-order valence-corrected chi connectivity index (χ0v) is 9.90. The minimum absolute atomic E-state index is 0.718. The third-order valence-corrected chi connectivity index (χ3v) is 2.81. The average Bonchev–Trinajstić information content (AvgIpc) is 2.32. The van der Waals surface area contributed by atoms with Gasteiger partial charge in [-0.05, 0) is 42.3 Å². The molecule has 0 aliphatic rings. The Balaban J connectivity index is 2.08. The second kappa shape index (κ2) is 4.78. The molecule has 17 heavy (non-hydrogen) atoms. The number of hydrogen-bond acceptors (Lipinski definition) is 3. The van der Waals surface area contributed by atoms with Crippen molar-refractivity contribution in [1.82, 2.24) is 0 Å². The van der Waals surface area contributed by atoms with Crippen molar-refractivity contribution >= 4 is 17.1 Å². The van der Waals surface area contributed by atoms with Gasteiger partial charge < -0.3 is 16.8 Å². The second-order valence-electron chi connectivity index (χ2n) is 4.12. The molecule has 2 aromatic rings. The molecule has 0 heterocycles. The zero-order valence-electron chi connectivity index (χ0n) is 9.90. The van der Waals surface area contributed by atoms with Gasteiger partial charge in [-0.25, -0.2) is 0 Å². The van der Waals surface area contributed by atoms with Crippen molar-refractivity contribution in [2.24, 2.45) is 0 Å². The first-order chi connectivity index (χ1) is 8.16. The molecule has 0 unspecified atom stereocenters. The van der Waals surface area contributed by atoms with E-state index in [1.165, 1.54) is 0 Å². The molecule has 2 rings (SSSR count). The van der Waals surface area contributed by atoms with E-state index in [0.29, 0.717) is 0 Å². The van der Waals surface area contributed by atoms with Gasteiger partial charge in [-0.3, -0.25) is 0 Å². The molecule has 0 radical (unpaired) electrons. The monoisotopic (exact) mass is 227 g/mol. The first kappa shape index (κ1) is 11.3. The van der Waals surface area contributed by atoms with E-state index in [4.69, 9.17) is 11.5 Å². The highest BCUT2D eigenvalue weighted by atomic mass is 14.9. The lowest BCUT2D eigenvalue weighted by Gasteiger charge is -2.10. The van der Waals surface area contributed by atoms with Crippen LogP contribution in [0.2, 0.25) is 0 Å². The molecule has 0 aliphatic carbocycles. The summed E-state index contributed by atoms with van der Waals surface area (Å²) in [6.07, 6.45) is 0. The summed E-state index contributed by atoms with van der Waals surface area (Å²) in [4.78, 5) is 0. The Morgan fingerprint density at radius 3 is 2.47 bits per heavy atom. The van der Waals surface area contributed by atoms with Gasteiger partial charge in [0.15, 0.2) is 0 Å². The fraction of sp³-hybridized carbons (Fsp3) is 0.143. The van der Waals surface area contributed by atoms with E-state index in [1.807, 2.05) is 49.4 Å². The van der Waals surface area contributed by atoms with Crippen molar-refractivity contribution in [1.29, 1.82) is 0 Å². The highest BCUT2D eigenvalue weighted by molar-refractivity contribution is 5.57. The van der Waals surface area contributed by atoms with E-state index in [2.05, 4.69) is 5.32 Å². The van der Waals surface area contributed by atoms with Gasteiger partial charge in [0.05, 0.1) is 0 Å². The van der Waals surface area contributed by atoms with E-state index in [0.717, 1.165) is 34.7 Å². The van der Waals surface area contributed by atoms with Gasteiger partial charge in [-0.15, -0.1) is 0 Å². The summed E-state index contributed by atoms with van der Waals surface area (Å²) in [5.41, 5.74) is 16.5. The van der Waals surface area contributed by atoms with Crippen LogP contribution in [0.1, 0.15) is 11.1 Å². The van der Waals surface area contributed by atoms with Crippen molar-refractivity contribution in [3.8, 4) is 0 Å². The predicted molar refractivity (Wildman–Crippen MR) is 73.8 cm³/mol. The van der Waals surface area contributed by atoms with Crippen LogP contribution in [-0.2, 0) is 6.54 Å². The van der Waals surface area contributed by atoms with Crippen molar-refractivity contribution < 1.29 is 0 Å². The summed E-state index contributed by atoms with van der Waals surface area (Å²) >= 11 is 0. The van der Waals surface area contributed by atoms with Crippen LogP contribution < -0.4 is 16.8 Å². The number of hydrogen-bond donors (Lipinski definition) is 3. The van der Waals surface area contributed by atoms with E-state index in [-0.39, 0.29) is 0 Å². The molecular formula is C14H17N3. The molecule has 0 atom stereocenters. The molecular weight excluding hydrogens is 210 g/mol. The molecule has 3 heteroatoms. The minimum Gasteiger partial charge on any atom is -0.399 e. The largest absolute Gasteiger partial charge is 0.399 e. The summed E-state index contributed by atoms with van der Waals surface area (Å²) in [7, 11) is 0. The molecule has 0 saturated heterocycles. The molecule has 0 amide bonds. The SMILES string of the molecule is Cc1cc(NCc2ccccc2N)ccc1N. The lowest BCUT2D eigenvalue weighted by Crippen LogP contribution is -2.03. The second-order valence-corrected chi connectivity index (χ2v) is 4.12. The zero-order chi connectivity index (χ0) is 12.3. The average molecular weight is 227 g/mol. The molecule has 0 bridgehead atoms. The Bertz CT molecular complexity index is 521. The Morgan fingerprint density at radius 2 is 1.76 bits per heavy atom. The number of para-hydroxylation sites is 1. The minimum atomic E-state index is 0.718. The fourth-order valence-electron chi connectivity index (χ4n) is 1.68. The quantitative estimate of drug-likeness (QED) is 0.706. The van der Waals surface area contributed by atoms with Crippen LogP contribution in [0.5, 0.6) is 0 Å². The van der Waals surface area contributed by atoms with E-state index < -0.39 is 0 Å². The Labute approximate surface area is 101 Å². The van der Waals surface area contributed by atoms with Crippen molar-refractivity contribution in [3.05, 3.63) is 53.6 Å². The van der Waals surface area contributed by atoms with Gasteiger partial charge in [-0.1, -0.05) is 18.2 Å². The highest BCUT2D eigenvalue weighted by Gasteiger charge is 1.99. The number of nitrogens with two attached hydrogens (primary N) is 2. The molecule has 0 aliphatic heterocycles. The lowest BCUT2D eigenvalue weighted by atomic mass is 10.1. The first-order valence-electron chi connectivity index (χ1n) is 5.60. The molecule has 0 spiro atoms. The van der Waals surface area contributed by atoms with Gasteiger partial charge in [0.1, 0.15) is 0 Å². The molecule has 0 aromatic heterocycles. The summed E-state index contributed by atoms with van der Waals surface area (Å²) in [5, 5.41) is 3.33. The Kier molecular flexibility index (Phi) is 3.19. The van der Waals surface area contributed by atoms with Gasteiger partial charge in [0, 0.05) is 23.6 Å². The van der Waals surface area contributed by atoms with Crippen molar-refractivity contribution in [2.75, 3.05) is 16.8 Å². The number of nitrogens with one attached hydrogen (secondary N) is 1. The van der Waals surface area contributed by atoms with Crippen molar-refractivity contribution in [2.45, 2.75) is 13.5 Å². The molecule has 0 saturated carbocycles. The molecule has 2 aromatic carbocycles. The molecule has 5 N–H and O–H groups in total. The Morgan fingerprint density at radius 1 is 1.00 bits per heavy atom. The lowest BCUT2D eigenvalue weighted by molar-refractivity contribution is 1.15. The number of rotatable bonds is 3. The van der Waals surface area contributed by atoms with Crippen LogP contribution in [0.25, 0.3) is 0 Å². The molecule has 0 fully saturated rings. The van der Waals surface area contributed by atoms with Crippen LogP contribution in [0.15, 0.2) is 42.5 Å². The highest BCUT2D eigenvalue weighted by Crippen LogP contribution is 2.18. The van der Waals surface area contributed by atoms with E-state index in [9.17, 15) is 0 Å². The fourth-order valence-corrected chi connectivity index (χ4v) is 1.68. The number of anilines is 3. The standard InChI is InChI=1S/C14H17N3/c1-10-8-12(6-7-13(10)15)17-9-11-4-2-3-5-14(11)16/h2-8,17H,9,15-16H2,1H3. The van der Waals surface area contributed by atoms with Gasteiger partial charge in [-0.2, -0.15) is 0 Å². The molecule has 88 valence electrons. The summed E-state index contributed by atoms with van der Waals surface area (Å²) in [6.45, 7) is 2.72. The van der Waals surface area contributed by atoms with E-state index in [1.54, 1.807) is 0 Å². The third-order valence-electron chi connectivity index (χ3n) is 2.81. The van der Waals surface area contributed by atoms with Gasteiger partial charge in [0.25, 0.3) is 0 Å². The normalized spacial score (nSPS) is 10.2. The van der Waals surface area contributed by atoms with Gasteiger partial charge in [0.2, 0.25) is 0 Å². The smallest absolute Gasteiger partial charge is 0.0421 e. The van der Waals surface area contributed by atoms with Crippen LogP contribution in [0, 0.1) is 6.92 Å². The van der Waals surface area contributed by atoms with Crippen LogP contribution in [0.3, 0.4) is 0 Å². The number of benzene rings is 2. The summed E-state index contributed by atoms with van der Waals surface area (Å²) in [5.74, 6) is 0. The Hall–Kier alpha value is -2.16. The first-order valence-corrected chi connectivity index (χ1v) is 5.60. The molecule has 3 nitrogen and oxygen atoms in total. The van der Waals surface area contributed by atoms with Crippen LogP contribution in [-0.4, -0.2) is 0 Å². The van der Waals surface area contributed by atoms with E-state index >= 15 is 0 Å². The maximum Gasteiger partial charge on any atom is 0.0421 e. The van der Waals surface area contributed by atoms with Gasteiger partial charge >= 0.3 is 0 Å². The topological polar surface area (TPSA) is 64.1 Å². The van der Waals surface area contributed by atoms with Crippen LogP contribution in [0.4, 0.5) is 17.1 Å².